The van der Waals surface area contributed by atoms with Crippen molar-refractivity contribution in [3.05, 3.63) is 94.6 Å². The van der Waals surface area contributed by atoms with Crippen LogP contribution >= 0.6 is 11.3 Å². The Hall–Kier alpha value is -4.10. The van der Waals surface area contributed by atoms with Crippen molar-refractivity contribution in [2.45, 2.75) is 0 Å². The average molecular weight is 427 g/mol. The van der Waals surface area contributed by atoms with Crippen molar-refractivity contribution in [2.75, 3.05) is 0 Å². The highest BCUT2D eigenvalue weighted by Crippen LogP contribution is 2.28. The van der Waals surface area contributed by atoms with Crippen molar-refractivity contribution >= 4 is 34.2 Å². The highest BCUT2D eigenvalue weighted by atomic mass is 32.1. The maximum Gasteiger partial charge on any atom is 0.211 e. The van der Waals surface area contributed by atoms with E-state index in [9.17, 15) is 10.2 Å². The second-order valence-corrected chi connectivity index (χ2v) is 7.64. The molecule has 0 saturated carbocycles. The van der Waals surface area contributed by atoms with Crippen LogP contribution in [0.4, 0.5) is 5.69 Å². The number of nitrogens with zero attached hydrogens (tertiary/aromatic N) is 3. The number of benzene rings is 3. The molecule has 3 aromatic carbocycles. The Morgan fingerprint density at radius 1 is 0.903 bits per heavy atom. The van der Waals surface area contributed by atoms with E-state index in [0.29, 0.717) is 16.1 Å². The molecule has 0 saturated heterocycles. The number of fused-ring (bicyclic) bond motifs is 1. The zero-order valence-corrected chi connectivity index (χ0v) is 17.0. The fraction of sp³-hybridized carbons (Fsp3) is 0. The van der Waals surface area contributed by atoms with Gasteiger partial charge in [0.2, 0.25) is 4.80 Å². The lowest BCUT2D eigenvalue weighted by molar-refractivity contribution is 0.450. The molecule has 0 aliphatic carbocycles. The Kier molecular flexibility index (Phi) is 4.86. The van der Waals surface area contributed by atoms with Crippen LogP contribution in [0.5, 0.6) is 11.5 Å². The number of hydrogen-bond donors (Lipinski definition) is 2. The maximum absolute atomic E-state index is 10.1. The lowest BCUT2D eigenvalue weighted by Gasteiger charge is -2.02. The van der Waals surface area contributed by atoms with Crippen LogP contribution in [-0.4, -0.2) is 21.1 Å². The minimum Gasteiger partial charge on any atom is -0.508 e. The third-order valence-corrected chi connectivity index (χ3v) is 5.49. The maximum atomic E-state index is 10.1. The lowest BCUT2D eigenvalue weighted by atomic mass is 10.2. The quantitative estimate of drug-likeness (QED) is 0.372. The molecule has 2 N–H and O–H groups in total. The molecule has 2 heterocycles. The van der Waals surface area contributed by atoms with E-state index >= 15 is 0 Å². The van der Waals surface area contributed by atoms with Crippen molar-refractivity contribution in [2.24, 2.45) is 10.1 Å². The summed E-state index contributed by atoms with van der Waals surface area (Å²) in [4.78, 5) is 5.36. The summed E-state index contributed by atoms with van der Waals surface area (Å²) in [6.07, 6.45) is 1.53. The summed E-state index contributed by atoms with van der Waals surface area (Å²) >= 11 is 1.44. The smallest absolute Gasteiger partial charge is 0.211 e. The number of para-hydroxylation sites is 2. The third-order valence-electron chi connectivity index (χ3n) is 4.67. The molecule has 0 spiro atoms. The lowest BCUT2D eigenvalue weighted by Crippen LogP contribution is -2.11. The van der Waals surface area contributed by atoms with Crippen molar-refractivity contribution in [3.8, 4) is 23.0 Å². The van der Waals surface area contributed by atoms with Gasteiger partial charge < -0.3 is 14.6 Å². The van der Waals surface area contributed by atoms with E-state index in [1.807, 2.05) is 66.0 Å². The number of thiazole rings is 1. The molecule has 7 heteroatoms. The van der Waals surface area contributed by atoms with E-state index in [2.05, 4.69) is 5.10 Å². The van der Waals surface area contributed by atoms with Crippen LogP contribution in [0, 0.1) is 0 Å². The average Bonchev–Trinajstić information content (AvgIpc) is 3.37. The molecule has 0 bridgehead atoms. The predicted molar refractivity (Wildman–Crippen MR) is 122 cm³/mol. The van der Waals surface area contributed by atoms with Crippen molar-refractivity contribution in [1.29, 1.82) is 0 Å². The monoisotopic (exact) mass is 427 g/mol. The van der Waals surface area contributed by atoms with Gasteiger partial charge in [-0.25, -0.2) is 9.67 Å². The summed E-state index contributed by atoms with van der Waals surface area (Å²) in [6.45, 7) is 0. The Bertz CT molecular complexity index is 1430. The number of aromatic nitrogens is 1. The topological polar surface area (TPSA) is 83.2 Å². The molecule has 0 fully saturated rings. The molecule has 31 heavy (non-hydrogen) atoms. The van der Waals surface area contributed by atoms with Crippen LogP contribution in [0.3, 0.4) is 0 Å². The van der Waals surface area contributed by atoms with Gasteiger partial charge in [-0.2, -0.15) is 5.10 Å². The largest absolute Gasteiger partial charge is 0.508 e. The first-order chi connectivity index (χ1) is 15.2. The normalized spacial score (nSPS) is 12.2. The molecule has 5 rings (SSSR count). The van der Waals surface area contributed by atoms with Crippen molar-refractivity contribution in [1.82, 2.24) is 4.68 Å². The minimum atomic E-state index is -0.0635. The SMILES string of the molecule is Oc1ccc(C=Nn2c(-c3cc4ccccc4o3)csc2=Nc2ccccc2)c(O)c1. The zero-order chi connectivity index (χ0) is 21.2. The molecule has 5 aromatic rings. The summed E-state index contributed by atoms with van der Waals surface area (Å²) in [5, 5.41) is 27.1. The second kappa shape index (κ2) is 7.97. The molecular formula is C24H17N3O3S. The Morgan fingerprint density at radius 3 is 2.52 bits per heavy atom. The van der Waals surface area contributed by atoms with Crippen LogP contribution < -0.4 is 4.80 Å². The molecule has 0 aliphatic heterocycles. The summed E-state index contributed by atoms with van der Waals surface area (Å²) in [5.74, 6) is 0.589. The number of hydrogen-bond acceptors (Lipinski definition) is 6. The Labute approximate surface area is 181 Å². The summed E-state index contributed by atoms with van der Waals surface area (Å²) < 4.78 is 7.72. The number of aromatic hydroxyl groups is 2. The first-order valence-electron chi connectivity index (χ1n) is 9.53. The highest BCUT2D eigenvalue weighted by Gasteiger charge is 2.13. The fourth-order valence-corrected chi connectivity index (χ4v) is 3.98. The molecular weight excluding hydrogens is 410 g/mol. The molecule has 0 unspecified atom stereocenters. The van der Waals surface area contributed by atoms with E-state index in [-0.39, 0.29) is 11.5 Å². The van der Waals surface area contributed by atoms with Crippen molar-refractivity contribution < 1.29 is 14.6 Å². The number of phenolic OH excluding ortho intramolecular Hbond substituents is 2. The zero-order valence-electron chi connectivity index (χ0n) is 16.2. The van der Waals surface area contributed by atoms with Crippen LogP contribution in [-0.2, 0) is 0 Å². The molecule has 2 aromatic heterocycles. The predicted octanol–water partition coefficient (Wildman–Crippen LogP) is 5.49. The number of rotatable bonds is 4. The first-order valence-corrected chi connectivity index (χ1v) is 10.4. The number of furan rings is 1. The Morgan fingerprint density at radius 2 is 1.71 bits per heavy atom. The van der Waals surface area contributed by atoms with E-state index < -0.39 is 0 Å². The van der Waals surface area contributed by atoms with Gasteiger partial charge in [0, 0.05) is 22.4 Å². The van der Waals surface area contributed by atoms with Gasteiger partial charge in [0.15, 0.2) is 5.76 Å². The first kappa shape index (κ1) is 18.9. The van der Waals surface area contributed by atoms with Gasteiger partial charge in [0.05, 0.1) is 11.9 Å². The molecule has 0 radical (unpaired) electrons. The van der Waals surface area contributed by atoms with Crippen molar-refractivity contribution in [3.63, 3.8) is 0 Å². The van der Waals surface area contributed by atoms with Crippen LogP contribution in [0.15, 0.2) is 98.8 Å². The summed E-state index contributed by atoms with van der Waals surface area (Å²) in [7, 11) is 0. The molecule has 6 nitrogen and oxygen atoms in total. The number of phenols is 2. The molecule has 0 aliphatic rings. The van der Waals surface area contributed by atoms with E-state index in [1.54, 1.807) is 10.7 Å². The second-order valence-electron chi connectivity index (χ2n) is 6.80. The standard InChI is InChI=1S/C24H17N3O3S/c28-19-11-10-17(21(29)13-19)14-25-27-20(23-12-16-6-4-5-9-22(16)30-23)15-31-24(27)26-18-7-2-1-3-8-18/h1-15,28-29H. The van der Waals surface area contributed by atoms with Gasteiger partial charge in [-0.3, -0.25) is 0 Å². The van der Waals surface area contributed by atoms with Gasteiger partial charge in [0.25, 0.3) is 0 Å². The highest BCUT2D eigenvalue weighted by molar-refractivity contribution is 7.07. The molecule has 0 amide bonds. The van der Waals surface area contributed by atoms with E-state index in [4.69, 9.17) is 9.41 Å². The minimum absolute atomic E-state index is 0.0134. The van der Waals surface area contributed by atoms with Crippen LogP contribution in [0.2, 0.25) is 0 Å². The van der Waals surface area contributed by atoms with Gasteiger partial charge in [-0.15, -0.1) is 11.3 Å². The molecule has 0 atom stereocenters. The summed E-state index contributed by atoms with van der Waals surface area (Å²) in [6, 6.07) is 23.8. The van der Waals surface area contributed by atoms with Crippen LogP contribution in [0.25, 0.3) is 22.4 Å². The molecule has 152 valence electrons. The van der Waals surface area contributed by atoms with Gasteiger partial charge in [-0.05, 0) is 36.4 Å². The Balaban J connectivity index is 1.66. The van der Waals surface area contributed by atoms with E-state index in [0.717, 1.165) is 22.4 Å². The van der Waals surface area contributed by atoms with Gasteiger partial charge >= 0.3 is 0 Å². The van der Waals surface area contributed by atoms with Gasteiger partial charge in [0.1, 0.15) is 22.8 Å². The van der Waals surface area contributed by atoms with E-state index in [1.165, 1.54) is 29.7 Å². The summed E-state index contributed by atoms with van der Waals surface area (Å²) in [5.41, 5.74) is 2.80. The third kappa shape index (κ3) is 3.86. The van der Waals surface area contributed by atoms with Crippen LogP contribution in [0.1, 0.15) is 5.56 Å². The van der Waals surface area contributed by atoms with Gasteiger partial charge in [-0.1, -0.05) is 36.4 Å². The fourth-order valence-electron chi connectivity index (χ4n) is 3.14.